The molecule has 138 valence electrons. The number of benzene rings is 1. The molecule has 0 aliphatic carbocycles. The highest BCUT2D eigenvalue weighted by atomic mass is 16.6. The molecule has 0 aromatic heterocycles. The Morgan fingerprint density at radius 3 is 2.28 bits per heavy atom. The second-order valence-corrected chi connectivity index (χ2v) is 6.56. The lowest BCUT2D eigenvalue weighted by atomic mass is 10.1. The minimum Gasteiger partial charge on any atom is -0.467 e. The molecule has 0 saturated carbocycles. The Hall–Kier alpha value is -2.57. The summed E-state index contributed by atoms with van der Waals surface area (Å²) in [5.41, 5.74) is 0.208. The Balaban J connectivity index is 2.78. The van der Waals surface area contributed by atoms with Crippen molar-refractivity contribution in [2.24, 2.45) is 0 Å². The van der Waals surface area contributed by atoms with Gasteiger partial charge in [-0.3, -0.25) is 4.79 Å². The second-order valence-electron chi connectivity index (χ2n) is 6.56. The largest absolute Gasteiger partial charge is 0.467 e. The van der Waals surface area contributed by atoms with Gasteiger partial charge in [0.2, 0.25) is 5.91 Å². The Morgan fingerprint density at radius 2 is 1.76 bits per heavy atom. The number of carbonyl (C=O) groups excluding carboxylic acids is 3. The van der Waals surface area contributed by atoms with E-state index in [4.69, 9.17) is 9.47 Å². The fourth-order valence-corrected chi connectivity index (χ4v) is 2.08. The standard InChI is InChI=1S/C18H26N2O5/c1-13(16(22)24-5)20(12-14-9-7-6-8-10-14)15(21)11-19-17(23)25-18(2,3)4/h6-10,13H,11-12H2,1-5H3,(H,19,23). The van der Waals surface area contributed by atoms with Crippen LogP contribution in [0.15, 0.2) is 30.3 Å². The van der Waals surface area contributed by atoms with Crippen molar-refractivity contribution in [3.63, 3.8) is 0 Å². The number of esters is 1. The summed E-state index contributed by atoms with van der Waals surface area (Å²) in [6.07, 6.45) is -0.689. The first-order valence-corrected chi connectivity index (χ1v) is 8.02. The van der Waals surface area contributed by atoms with Crippen molar-refractivity contribution in [3.05, 3.63) is 35.9 Å². The third kappa shape index (κ3) is 7.24. The third-order valence-corrected chi connectivity index (χ3v) is 3.31. The first-order valence-electron chi connectivity index (χ1n) is 8.02. The first kappa shape index (κ1) is 20.5. The van der Waals surface area contributed by atoms with Gasteiger partial charge in [0.1, 0.15) is 18.2 Å². The highest BCUT2D eigenvalue weighted by Gasteiger charge is 2.27. The molecule has 1 rings (SSSR count). The monoisotopic (exact) mass is 350 g/mol. The lowest BCUT2D eigenvalue weighted by Crippen LogP contribution is -2.48. The van der Waals surface area contributed by atoms with Crippen molar-refractivity contribution in [2.75, 3.05) is 13.7 Å². The van der Waals surface area contributed by atoms with Crippen LogP contribution in [0.3, 0.4) is 0 Å². The number of hydrogen-bond acceptors (Lipinski definition) is 5. The lowest BCUT2D eigenvalue weighted by Gasteiger charge is -2.28. The average molecular weight is 350 g/mol. The molecule has 1 atom stereocenters. The molecular formula is C18H26N2O5. The maximum Gasteiger partial charge on any atom is 0.408 e. The number of ether oxygens (including phenoxy) is 2. The van der Waals surface area contributed by atoms with Gasteiger partial charge in [0.25, 0.3) is 0 Å². The molecule has 0 fully saturated rings. The molecule has 2 amide bonds. The molecular weight excluding hydrogens is 324 g/mol. The molecule has 0 heterocycles. The number of methoxy groups -OCH3 is 1. The summed E-state index contributed by atoms with van der Waals surface area (Å²) in [5, 5.41) is 2.41. The highest BCUT2D eigenvalue weighted by molar-refractivity contribution is 5.87. The zero-order chi connectivity index (χ0) is 19.0. The molecule has 0 spiro atoms. The molecule has 0 radical (unpaired) electrons. The van der Waals surface area contributed by atoms with Gasteiger partial charge in [-0.25, -0.2) is 9.59 Å². The zero-order valence-corrected chi connectivity index (χ0v) is 15.4. The quantitative estimate of drug-likeness (QED) is 0.794. The number of hydrogen-bond donors (Lipinski definition) is 1. The number of alkyl carbamates (subject to hydrolysis) is 1. The van der Waals surface area contributed by atoms with E-state index in [0.717, 1.165) is 5.56 Å². The fourth-order valence-electron chi connectivity index (χ4n) is 2.08. The van der Waals surface area contributed by atoms with Gasteiger partial charge in [0.05, 0.1) is 7.11 Å². The summed E-state index contributed by atoms with van der Waals surface area (Å²) < 4.78 is 9.83. The van der Waals surface area contributed by atoms with Crippen LogP contribution < -0.4 is 5.32 Å². The van der Waals surface area contributed by atoms with E-state index in [9.17, 15) is 14.4 Å². The van der Waals surface area contributed by atoms with Crippen LogP contribution in [-0.2, 0) is 25.6 Å². The summed E-state index contributed by atoms with van der Waals surface area (Å²) in [7, 11) is 1.27. The van der Waals surface area contributed by atoms with Crippen molar-refractivity contribution in [2.45, 2.75) is 45.9 Å². The number of nitrogens with zero attached hydrogens (tertiary/aromatic N) is 1. The highest BCUT2D eigenvalue weighted by Crippen LogP contribution is 2.10. The van der Waals surface area contributed by atoms with Gasteiger partial charge in [-0.1, -0.05) is 30.3 Å². The third-order valence-electron chi connectivity index (χ3n) is 3.31. The number of carbonyl (C=O) groups is 3. The molecule has 0 aliphatic heterocycles. The van der Waals surface area contributed by atoms with Crippen LogP contribution in [-0.4, -0.2) is 48.2 Å². The van der Waals surface area contributed by atoms with Gasteiger partial charge in [-0.05, 0) is 33.3 Å². The Morgan fingerprint density at radius 1 is 1.16 bits per heavy atom. The molecule has 1 aromatic rings. The molecule has 7 heteroatoms. The molecule has 0 bridgehead atoms. The van der Waals surface area contributed by atoms with Crippen molar-refractivity contribution < 1.29 is 23.9 Å². The van der Waals surface area contributed by atoms with Gasteiger partial charge in [-0.2, -0.15) is 0 Å². The summed E-state index contributed by atoms with van der Waals surface area (Å²) in [6.45, 7) is 6.73. The average Bonchev–Trinajstić information content (AvgIpc) is 2.55. The maximum absolute atomic E-state index is 12.5. The summed E-state index contributed by atoms with van der Waals surface area (Å²) >= 11 is 0. The van der Waals surface area contributed by atoms with Crippen LogP contribution in [0.4, 0.5) is 4.79 Å². The molecule has 0 saturated heterocycles. The topological polar surface area (TPSA) is 84.9 Å². The van der Waals surface area contributed by atoms with Gasteiger partial charge in [0.15, 0.2) is 0 Å². The van der Waals surface area contributed by atoms with E-state index >= 15 is 0 Å². The van der Waals surface area contributed by atoms with Crippen LogP contribution in [0.1, 0.15) is 33.3 Å². The SMILES string of the molecule is COC(=O)C(C)N(Cc1ccccc1)C(=O)CNC(=O)OC(C)(C)C. The van der Waals surface area contributed by atoms with Crippen molar-refractivity contribution in [3.8, 4) is 0 Å². The maximum atomic E-state index is 12.5. The van der Waals surface area contributed by atoms with Crippen LogP contribution in [0.2, 0.25) is 0 Å². The molecule has 1 N–H and O–H groups in total. The Labute approximate surface area is 148 Å². The van der Waals surface area contributed by atoms with E-state index in [1.165, 1.54) is 12.0 Å². The molecule has 7 nitrogen and oxygen atoms in total. The van der Waals surface area contributed by atoms with Crippen LogP contribution in [0.5, 0.6) is 0 Å². The van der Waals surface area contributed by atoms with E-state index in [1.54, 1.807) is 27.7 Å². The summed E-state index contributed by atoms with van der Waals surface area (Å²) in [4.78, 5) is 37.4. The predicted molar refractivity (Wildman–Crippen MR) is 92.7 cm³/mol. The molecule has 25 heavy (non-hydrogen) atoms. The summed E-state index contributed by atoms with van der Waals surface area (Å²) in [6, 6.07) is 8.48. The molecule has 0 aliphatic rings. The van der Waals surface area contributed by atoms with Crippen molar-refractivity contribution in [1.82, 2.24) is 10.2 Å². The first-order chi connectivity index (χ1) is 11.6. The van der Waals surface area contributed by atoms with Crippen molar-refractivity contribution in [1.29, 1.82) is 0 Å². The van der Waals surface area contributed by atoms with E-state index in [-0.39, 0.29) is 13.1 Å². The van der Waals surface area contributed by atoms with Gasteiger partial charge in [0, 0.05) is 6.54 Å². The predicted octanol–water partition coefficient (Wildman–Crippen LogP) is 2.10. The van der Waals surface area contributed by atoms with Gasteiger partial charge >= 0.3 is 12.1 Å². The summed E-state index contributed by atoms with van der Waals surface area (Å²) in [5.74, 6) is -0.936. The van der Waals surface area contributed by atoms with E-state index in [2.05, 4.69) is 5.32 Å². The van der Waals surface area contributed by atoms with Crippen LogP contribution in [0, 0.1) is 0 Å². The second kappa shape index (κ2) is 9.05. The van der Waals surface area contributed by atoms with E-state index < -0.39 is 29.6 Å². The van der Waals surface area contributed by atoms with Crippen molar-refractivity contribution >= 4 is 18.0 Å². The van der Waals surface area contributed by atoms with E-state index in [1.807, 2.05) is 30.3 Å². The van der Waals surface area contributed by atoms with Gasteiger partial charge < -0.3 is 19.7 Å². The number of amides is 2. The van der Waals surface area contributed by atoms with Gasteiger partial charge in [-0.15, -0.1) is 0 Å². The minimum atomic E-state index is -0.779. The van der Waals surface area contributed by atoms with E-state index in [0.29, 0.717) is 0 Å². The van der Waals surface area contributed by atoms with Crippen LogP contribution in [0.25, 0.3) is 0 Å². The molecule has 1 aromatic carbocycles. The smallest absolute Gasteiger partial charge is 0.408 e. The number of rotatable bonds is 6. The normalized spacial score (nSPS) is 12.0. The fraction of sp³-hybridized carbons (Fsp3) is 0.500. The Bertz CT molecular complexity index is 595. The lowest BCUT2D eigenvalue weighted by molar-refractivity contribution is -0.152. The zero-order valence-electron chi connectivity index (χ0n) is 15.4. The minimum absolute atomic E-state index is 0.228. The van der Waals surface area contributed by atoms with Crippen LogP contribution >= 0.6 is 0 Å². The molecule has 1 unspecified atom stereocenters. The number of nitrogens with one attached hydrogen (secondary N) is 1. The Kier molecular flexibility index (Phi) is 7.42.